The predicted octanol–water partition coefficient (Wildman–Crippen LogP) is -0.0509. The van der Waals surface area contributed by atoms with E-state index in [0.29, 0.717) is 5.69 Å². The Morgan fingerprint density at radius 1 is 1.10 bits per heavy atom. The molecule has 4 rings (SSSR count). The van der Waals surface area contributed by atoms with Crippen LogP contribution in [0.4, 0.5) is 5.69 Å². The van der Waals surface area contributed by atoms with Gasteiger partial charge in [-0.05, 0) is 12.1 Å². The minimum absolute atomic E-state index is 0.266. The van der Waals surface area contributed by atoms with E-state index in [4.69, 9.17) is 9.47 Å². The lowest BCUT2D eigenvalue weighted by molar-refractivity contribution is -0.125. The molecular formula is C15H15NO5. The van der Waals surface area contributed by atoms with E-state index in [2.05, 4.69) is 0 Å². The Hall–Kier alpha value is -1.76. The Bertz CT molecular complexity index is 603. The van der Waals surface area contributed by atoms with Crippen LogP contribution in [0.25, 0.3) is 0 Å². The Balaban J connectivity index is 1.73. The largest absolute Gasteiger partial charge is 0.388 e. The quantitative estimate of drug-likeness (QED) is 0.773. The number of carbonyl (C=O) groups is 2. The summed E-state index contributed by atoms with van der Waals surface area (Å²) >= 11 is 0. The van der Waals surface area contributed by atoms with Crippen LogP contribution in [0, 0.1) is 11.8 Å². The summed E-state index contributed by atoms with van der Waals surface area (Å²) in [6.07, 6.45) is -2.63. The minimum Gasteiger partial charge on any atom is -0.388 e. The van der Waals surface area contributed by atoms with E-state index >= 15 is 0 Å². The standard InChI is InChI=1S/C15H15NO5/c1-20-13-10(17)11-8-9(12(13)21-11)15(19)16(14(8)18)7-5-3-2-4-6-7/h2-6,8-13,17H,1H3/t8?,9?,10?,11?,12-,13-/m0/s1. The van der Waals surface area contributed by atoms with E-state index in [1.54, 1.807) is 24.3 Å². The number of methoxy groups -OCH3 is 1. The molecule has 0 aromatic heterocycles. The summed E-state index contributed by atoms with van der Waals surface area (Å²) < 4.78 is 10.9. The smallest absolute Gasteiger partial charge is 0.240 e. The molecule has 3 saturated heterocycles. The molecule has 1 N–H and O–H groups in total. The summed E-state index contributed by atoms with van der Waals surface area (Å²) in [5, 5.41) is 10.2. The summed E-state index contributed by atoms with van der Waals surface area (Å²) in [7, 11) is 1.48. The molecule has 1 aromatic carbocycles. The maximum atomic E-state index is 12.6. The third kappa shape index (κ3) is 1.52. The number of rotatable bonds is 2. The molecule has 0 spiro atoms. The first-order valence-corrected chi connectivity index (χ1v) is 6.94. The van der Waals surface area contributed by atoms with Gasteiger partial charge in [-0.1, -0.05) is 18.2 Å². The normalized spacial score (nSPS) is 41.0. The fraction of sp³-hybridized carbons (Fsp3) is 0.467. The molecule has 0 radical (unpaired) electrons. The second-order valence-corrected chi connectivity index (χ2v) is 5.66. The zero-order valence-electron chi connectivity index (χ0n) is 11.4. The number of amides is 2. The highest BCUT2D eigenvalue weighted by molar-refractivity contribution is 6.22. The van der Waals surface area contributed by atoms with Crippen molar-refractivity contribution in [2.45, 2.75) is 24.4 Å². The number of nitrogens with zero attached hydrogens (tertiary/aromatic N) is 1. The highest BCUT2D eigenvalue weighted by atomic mass is 16.6. The molecule has 110 valence electrons. The average molecular weight is 289 g/mol. The molecule has 2 amide bonds. The number of aliphatic hydroxyl groups excluding tert-OH is 1. The zero-order valence-corrected chi connectivity index (χ0v) is 11.4. The van der Waals surface area contributed by atoms with E-state index in [1.807, 2.05) is 6.07 Å². The number of hydrogen-bond donors (Lipinski definition) is 1. The summed E-state index contributed by atoms with van der Waals surface area (Å²) in [6, 6.07) is 8.84. The van der Waals surface area contributed by atoms with Gasteiger partial charge in [-0.3, -0.25) is 9.59 Å². The minimum atomic E-state index is -0.867. The van der Waals surface area contributed by atoms with Crippen LogP contribution in [0.1, 0.15) is 0 Å². The van der Waals surface area contributed by atoms with Crippen LogP contribution in [-0.4, -0.2) is 48.4 Å². The van der Waals surface area contributed by atoms with Gasteiger partial charge in [0, 0.05) is 7.11 Å². The number of para-hydroxylation sites is 1. The first-order chi connectivity index (χ1) is 10.1. The molecule has 3 fully saturated rings. The fourth-order valence-corrected chi connectivity index (χ4v) is 3.82. The highest BCUT2D eigenvalue weighted by Gasteiger charge is 2.69. The van der Waals surface area contributed by atoms with Gasteiger partial charge in [0.25, 0.3) is 0 Å². The predicted molar refractivity (Wildman–Crippen MR) is 71.4 cm³/mol. The number of hydrogen-bond acceptors (Lipinski definition) is 5. The molecular weight excluding hydrogens is 274 g/mol. The lowest BCUT2D eigenvalue weighted by Gasteiger charge is -2.27. The molecule has 1 aromatic rings. The Morgan fingerprint density at radius 2 is 1.71 bits per heavy atom. The molecule has 3 heterocycles. The van der Waals surface area contributed by atoms with Crippen LogP contribution >= 0.6 is 0 Å². The molecule has 3 aliphatic heterocycles. The summed E-state index contributed by atoms with van der Waals surface area (Å²) in [5.74, 6) is -1.73. The van der Waals surface area contributed by atoms with Gasteiger partial charge in [0.2, 0.25) is 11.8 Å². The van der Waals surface area contributed by atoms with E-state index in [9.17, 15) is 14.7 Å². The van der Waals surface area contributed by atoms with Gasteiger partial charge in [-0.2, -0.15) is 0 Å². The Labute approximate surface area is 121 Å². The number of aliphatic hydroxyl groups is 1. The number of fused-ring (bicyclic) bond motifs is 5. The van der Waals surface area contributed by atoms with Crippen LogP contribution in [-0.2, 0) is 19.1 Å². The first-order valence-electron chi connectivity index (χ1n) is 6.94. The van der Waals surface area contributed by atoms with E-state index in [1.165, 1.54) is 12.0 Å². The van der Waals surface area contributed by atoms with Gasteiger partial charge in [-0.25, -0.2) is 4.90 Å². The second-order valence-electron chi connectivity index (χ2n) is 5.66. The Kier molecular flexibility index (Phi) is 2.69. The fourth-order valence-electron chi connectivity index (χ4n) is 3.82. The lowest BCUT2D eigenvalue weighted by Crippen LogP contribution is -2.48. The van der Waals surface area contributed by atoms with E-state index in [0.717, 1.165) is 0 Å². The maximum Gasteiger partial charge on any atom is 0.240 e. The summed E-state index contributed by atoms with van der Waals surface area (Å²) in [5.41, 5.74) is 0.560. The number of ether oxygens (including phenoxy) is 2. The molecule has 21 heavy (non-hydrogen) atoms. The van der Waals surface area contributed by atoms with Crippen LogP contribution in [0.15, 0.2) is 30.3 Å². The van der Waals surface area contributed by atoms with Gasteiger partial charge in [0.1, 0.15) is 12.2 Å². The van der Waals surface area contributed by atoms with Gasteiger partial charge in [0.15, 0.2) is 0 Å². The third-order valence-corrected chi connectivity index (χ3v) is 4.70. The van der Waals surface area contributed by atoms with Crippen molar-refractivity contribution in [3.63, 3.8) is 0 Å². The van der Waals surface area contributed by atoms with Gasteiger partial charge >= 0.3 is 0 Å². The highest BCUT2D eigenvalue weighted by Crippen LogP contribution is 2.50. The van der Waals surface area contributed by atoms with Crippen molar-refractivity contribution >= 4 is 17.5 Å². The van der Waals surface area contributed by atoms with Crippen molar-refractivity contribution in [3.05, 3.63) is 30.3 Å². The topological polar surface area (TPSA) is 76.1 Å². The molecule has 6 nitrogen and oxygen atoms in total. The zero-order chi connectivity index (χ0) is 14.7. The lowest BCUT2D eigenvalue weighted by atomic mass is 9.78. The maximum absolute atomic E-state index is 12.6. The number of carbonyl (C=O) groups excluding carboxylic acids is 2. The molecule has 0 aliphatic carbocycles. The molecule has 4 unspecified atom stereocenters. The number of imide groups is 1. The van der Waals surface area contributed by atoms with Crippen molar-refractivity contribution in [1.82, 2.24) is 0 Å². The Morgan fingerprint density at radius 3 is 2.33 bits per heavy atom. The van der Waals surface area contributed by atoms with Crippen LogP contribution in [0.2, 0.25) is 0 Å². The summed E-state index contributed by atoms with van der Waals surface area (Å²) in [4.78, 5) is 26.5. The van der Waals surface area contributed by atoms with Crippen LogP contribution in [0.3, 0.4) is 0 Å². The monoisotopic (exact) mass is 289 g/mol. The number of benzene rings is 1. The van der Waals surface area contributed by atoms with Crippen molar-refractivity contribution in [2.24, 2.45) is 11.8 Å². The number of anilines is 1. The summed E-state index contributed by atoms with van der Waals surface area (Å²) in [6.45, 7) is 0. The van der Waals surface area contributed by atoms with Crippen molar-refractivity contribution < 1.29 is 24.2 Å². The van der Waals surface area contributed by atoms with Gasteiger partial charge < -0.3 is 14.6 Å². The molecule has 2 bridgehead atoms. The van der Waals surface area contributed by atoms with Crippen molar-refractivity contribution in [3.8, 4) is 0 Å². The SMILES string of the molecule is CO[C@H]1C(O)C2O[C@H]1C1C(=O)N(c3ccccc3)C(=O)C21. The van der Waals surface area contributed by atoms with E-state index < -0.39 is 36.3 Å². The molecule has 3 aliphatic rings. The van der Waals surface area contributed by atoms with Gasteiger partial charge in [-0.15, -0.1) is 0 Å². The van der Waals surface area contributed by atoms with Crippen molar-refractivity contribution in [2.75, 3.05) is 12.0 Å². The molecule has 0 saturated carbocycles. The third-order valence-electron chi connectivity index (χ3n) is 4.70. The first kappa shape index (κ1) is 12.9. The molecule has 6 atom stereocenters. The van der Waals surface area contributed by atoms with Crippen molar-refractivity contribution in [1.29, 1.82) is 0 Å². The molecule has 6 heteroatoms. The second kappa shape index (κ2) is 4.37. The average Bonchev–Trinajstić information content (AvgIpc) is 3.10. The van der Waals surface area contributed by atoms with Gasteiger partial charge in [0.05, 0.1) is 29.7 Å². The van der Waals surface area contributed by atoms with E-state index in [-0.39, 0.29) is 11.8 Å². The van der Waals surface area contributed by atoms with Crippen LogP contribution in [0.5, 0.6) is 0 Å². The van der Waals surface area contributed by atoms with Crippen LogP contribution < -0.4 is 4.90 Å².